The predicted octanol–water partition coefficient (Wildman–Crippen LogP) is 5.87. The molecule has 0 saturated carbocycles. The van der Waals surface area contributed by atoms with Crippen LogP contribution in [0.4, 0.5) is 5.69 Å². The van der Waals surface area contributed by atoms with E-state index in [1.165, 1.54) is 11.8 Å². The molecule has 0 aliphatic rings. The molecule has 3 aromatic rings. The summed E-state index contributed by atoms with van der Waals surface area (Å²) in [4.78, 5) is 25.5. The number of halogens is 1. The fourth-order valence-corrected chi connectivity index (χ4v) is 4.80. The van der Waals surface area contributed by atoms with Crippen LogP contribution in [0.5, 0.6) is 0 Å². The van der Waals surface area contributed by atoms with Crippen molar-refractivity contribution >= 4 is 45.2 Å². The second-order valence-electron chi connectivity index (χ2n) is 9.19. The molecule has 0 aliphatic carbocycles. The highest BCUT2D eigenvalue weighted by molar-refractivity contribution is 9.10. The Kier molecular flexibility index (Phi) is 9.13. The molecule has 1 heterocycles. The maximum Gasteiger partial charge on any atom is 0.251 e. The van der Waals surface area contributed by atoms with Gasteiger partial charge in [-0.1, -0.05) is 73.1 Å². The van der Waals surface area contributed by atoms with E-state index < -0.39 is 0 Å². The highest BCUT2D eigenvalue weighted by atomic mass is 79.9. The van der Waals surface area contributed by atoms with Crippen LogP contribution in [0.15, 0.2) is 52.1 Å². The minimum absolute atomic E-state index is 0.0969. The van der Waals surface area contributed by atoms with E-state index >= 15 is 0 Å². The molecule has 1 atom stereocenters. The van der Waals surface area contributed by atoms with E-state index in [2.05, 4.69) is 50.6 Å². The van der Waals surface area contributed by atoms with Crippen molar-refractivity contribution in [2.45, 2.75) is 51.7 Å². The molecule has 2 aromatic carbocycles. The van der Waals surface area contributed by atoms with E-state index in [0.29, 0.717) is 16.5 Å². The Labute approximate surface area is 219 Å². The largest absolute Gasteiger partial charge is 0.342 e. The number of rotatable bonds is 9. The average Bonchev–Trinajstić information content (AvgIpc) is 3.16. The minimum atomic E-state index is -0.319. The van der Waals surface area contributed by atoms with Crippen molar-refractivity contribution < 1.29 is 9.59 Å². The second kappa shape index (κ2) is 11.9. The molecule has 2 amide bonds. The molecular weight excluding hydrogens is 526 g/mol. The summed E-state index contributed by atoms with van der Waals surface area (Å²) in [5, 5.41) is 15.4. The normalized spacial score (nSPS) is 12.1. The Balaban J connectivity index is 1.68. The van der Waals surface area contributed by atoms with Gasteiger partial charge >= 0.3 is 0 Å². The van der Waals surface area contributed by atoms with Crippen molar-refractivity contribution in [3.63, 3.8) is 0 Å². The first-order valence-electron chi connectivity index (χ1n) is 11.6. The molecule has 186 valence electrons. The van der Waals surface area contributed by atoms with E-state index in [1.54, 1.807) is 6.07 Å². The third-order valence-electron chi connectivity index (χ3n) is 5.62. The van der Waals surface area contributed by atoms with Gasteiger partial charge in [-0.05, 0) is 54.7 Å². The van der Waals surface area contributed by atoms with Gasteiger partial charge in [-0.15, -0.1) is 10.2 Å². The van der Waals surface area contributed by atoms with Crippen LogP contribution in [-0.4, -0.2) is 32.3 Å². The minimum Gasteiger partial charge on any atom is -0.342 e. The van der Waals surface area contributed by atoms with Gasteiger partial charge < -0.3 is 15.2 Å². The van der Waals surface area contributed by atoms with Gasteiger partial charge in [0.25, 0.3) is 5.91 Å². The van der Waals surface area contributed by atoms with Gasteiger partial charge in [0, 0.05) is 22.8 Å². The predicted molar refractivity (Wildman–Crippen MR) is 145 cm³/mol. The number of carbonyl (C=O) groups excluding carboxylic acids is 2. The summed E-state index contributed by atoms with van der Waals surface area (Å²) in [6.07, 6.45) is 0. The Morgan fingerprint density at radius 2 is 1.83 bits per heavy atom. The highest BCUT2D eigenvalue weighted by Crippen LogP contribution is 2.29. The third kappa shape index (κ3) is 6.95. The lowest BCUT2D eigenvalue weighted by molar-refractivity contribution is -0.113. The number of aryl methyl sites for hydroxylation is 1. The second-order valence-corrected chi connectivity index (χ2v) is 11.0. The molecule has 0 bridgehead atoms. The highest BCUT2D eigenvalue weighted by Gasteiger charge is 2.25. The molecule has 0 spiro atoms. The van der Waals surface area contributed by atoms with E-state index in [-0.39, 0.29) is 35.4 Å². The summed E-state index contributed by atoms with van der Waals surface area (Å²) in [6.45, 7) is 10.2. The van der Waals surface area contributed by atoms with E-state index in [4.69, 9.17) is 0 Å². The fraction of sp³-hybridized carbons (Fsp3) is 0.385. The summed E-state index contributed by atoms with van der Waals surface area (Å²) in [7, 11) is 1.86. The number of anilines is 1. The lowest BCUT2D eigenvalue weighted by atomic mass is 10.0. The Bertz CT molecular complexity index is 1210. The number of thioether (sulfide) groups is 1. The molecule has 1 aromatic heterocycles. The number of aromatic nitrogens is 3. The van der Waals surface area contributed by atoms with Crippen molar-refractivity contribution in [1.29, 1.82) is 0 Å². The van der Waals surface area contributed by atoms with Crippen molar-refractivity contribution in [1.82, 2.24) is 20.1 Å². The first kappa shape index (κ1) is 26.9. The van der Waals surface area contributed by atoms with Gasteiger partial charge in [0.1, 0.15) is 0 Å². The Hall–Kier alpha value is -2.65. The van der Waals surface area contributed by atoms with Crippen molar-refractivity contribution in [2.24, 2.45) is 13.0 Å². The molecule has 0 radical (unpaired) electrons. The number of carbonyl (C=O) groups is 2. The summed E-state index contributed by atoms with van der Waals surface area (Å²) in [5.41, 5.74) is 3.52. The molecule has 3 rings (SSSR count). The molecule has 7 nitrogen and oxygen atoms in total. The van der Waals surface area contributed by atoms with Gasteiger partial charge in [0.05, 0.1) is 11.8 Å². The first-order valence-corrected chi connectivity index (χ1v) is 13.3. The van der Waals surface area contributed by atoms with Crippen molar-refractivity contribution in [3.05, 3.63) is 69.5 Å². The molecular formula is C26H32BrN5O2S. The fourth-order valence-electron chi connectivity index (χ4n) is 3.70. The maximum absolute atomic E-state index is 12.9. The standard InChI is InChI=1S/C26H32BrN5O2S/c1-15(2)20-13-19(27)10-11-21(20)28-22(33)14-35-26-31-30-24(32(26)6)23(16(3)4)29-25(34)18-9-7-8-17(5)12-18/h7-13,15-16,23H,14H2,1-6H3,(H,28,33)(H,29,34)/t23-/m0/s1. The number of nitrogens with zero attached hydrogens (tertiary/aromatic N) is 3. The van der Waals surface area contributed by atoms with Gasteiger partial charge in [-0.3, -0.25) is 9.59 Å². The smallest absolute Gasteiger partial charge is 0.251 e. The van der Waals surface area contributed by atoms with Gasteiger partial charge in [0.2, 0.25) is 5.91 Å². The zero-order chi connectivity index (χ0) is 25.7. The molecule has 35 heavy (non-hydrogen) atoms. The maximum atomic E-state index is 12.9. The zero-order valence-electron chi connectivity index (χ0n) is 20.9. The van der Waals surface area contributed by atoms with Crippen LogP contribution in [0, 0.1) is 12.8 Å². The molecule has 0 saturated heterocycles. The lowest BCUT2D eigenvalue weighted by Crippen LogP contribution is -2.33. The monoisotopic (exact) mass is 557 g/mol. The van der Waals surface area contributed by atoms with Crippen LogP contribution in [0.1, 0.15) is 67.0 Å². The first-order chi connectivity index (χ1) is 16.6. The summed E-state index contributed by atoms with van der Waals surface area (Å²) in [5.74, 6) is 0.955. The van der Waals surface area contributed by atoms with Crippen LogP contribution in [0.25, 0.3) is 0 Å². The van der Waals surface area contributed by atoms with Crippen molar-refractivity contribution in [3.8, 4) is 0 Å². The molecule has 9 heteroatoms. The number of hydrogen-bond donors (Lipinski definition) is 2. The van der Waals surface area contributed by atoms with E-state index in [9.17, 15) is 9.59 Å². The van der Waals surface area contributed by atoms with Crippen molar-refractivity contribution in [2.75, 3.05) is 11.1 Å². The lowest BCUT2D eigenvalue weighted by Gasteiger charge is -2.22. The zero-order valence-corrected chi connectivity index (χ0v) is 23.3. The molecule has 0 fully saturated rings. The summed E-state index contributed by atoms with van der Waals surface area (Å²) in [6, 6.07) is 13.0. The van der Waals surface area contributed by atoms with Crippen LogP contribution >= 0.6 is 27.7 Å². The van der Waals surface area contributed by atoms with E-state index in [0.717, 1.165) is 21.3 Å². The van der Waals surface area contributed by atoms with Crippen LogP contribution in [-0.2, 0) is 11.8 Å². The SMILES string of the molecule is Cc1cccc(C(=O)N[C@H](c2nnc(SCC(=O)Nc3ccc(Br)cc3C(C)C)n2C)C(C)C)c1. The number of benzene rings is 2. The Morgan fingerprint density at radius 1 is 1.09 bits per heavy atom. The molecule has 2 N–H and O–H groups in total. The van der Waals surface area contributed by atoms with Gasteiger partial charge in [0.15, 0.2) is 11.0 Å². The summed E-state index contributed by atoms with van der Waals surface area (Å²) >= 11 is 4.81. The van der Waals surface area contributed by atoms with Crippen LogP contribution < -0.4 is 10.6 Å². The third-order valence-corrected chi connectivity index (χ3v) is 7.14. The van der Waals surface area contributed by atoms with Crippen LogP contribution in [0.3, 0.4) is 0 Å². The summed E-state index contributed by atoms with van der Waals surface area (Å²) < 4.78 is 2.83. The van der Waals surface area contributed by atoms with E-state index in [1.807, 2.05) is 68.8 Å². The topological polar surface area (TPSA) is 88.9 Å². The molecule has 0 unspecified atom stereocenters. The average molecular weight is 559 g/mol. The number of hydrogen-bond acceptors (Lipinski definition) is 5. The number of amides is 2. The number of nitrogens with one attached hydrogen (secondary N) is 2. The van der Waals surface area contributed by atoms with Crippen LogP contribution in [0.2, 0.25) is 0 Å². The Morgan fingerprint density at radius 3 is 2.49 bits per heavy atom. The molecule has 0 aliphatic heterocycles. The quantitative estimate of drug-likeness (QED) is 0.321. The van der Waals surface area contributed by atoms with Gasteiger partial charge in [-0.2, -0.15) is 0 Å². The van der Waals surface area contributed by atoms with Gasteiger partial charge in [-0.25, -0.2) is 0 Å².